The van der Waals surface area contributed by atoms with Crippen LogP contribution < -0.4 is 0 Å². The molecule has 2 nitrogen and oxygen atoms in total. The molecular formula is C16H21NO. The molecule has 0 aromatic carbocycles. The minimum absolute atomic E-state index is 0.319. The zero-order valence-corrected chi connectivity index (χ0v) is 11.2. The number of pyridine rings is 1. The minimum Gasteiger partial charge on any atom is -0.387 e. The van der Waals surface area contributed by atoms with Crippen molar-refractivity contribution in [3.63, 3.8) is 0 Å². The van der Waals surface area contributed by atoms with Gasteiger partial charge in [-0.15, -0.1) is 0 Å². The molecule has 1 fully saturated rings. The van der Waals surface area contributed by atoms with Gasteiger partial charge in [0.15, 0.2) is 0 Å². The SMILES string of the molecule is CC1(C)[C@H]2Cc3cc4c(nc3[C@@H]1C2)C(O)CCC4. The third-order valence-corrected chi connectivity index (χ3v) is 5.75. The monoisotopic (exact) mass is 243 g/mol. The molecule has 0 aliphatic heterocycles. The molecule has 0 saturated heterocycles. The van der Waals surface area contributed by atoms with E-state index in [4.69, 9.17) is 4.98 Å². The number of aromatic nitrogens is 1. The topological polar surface area (TPSA) is 33.1 Å². The highest BCUT2D eigenvalue weighted by Gasteiger charge is 2.53. The molecule has 5 rings (SSSR count). The maximum atomic E-state index is 10.1. The Hall–Kier alpha value is -0.890. The number of rotatable bonds is 0. The third kappa shape index (κ3) is 1.25. The molecule has 18 heavy (non-hydrogen) atoms. The summed E-state index contributed by atoms with van der Waals surface area (Å²) in [6.07, 6.45) is 5.28. The molecule has 0 radical (unpaired) electrons. The number of nitrogens with zero attached hydrogens (tertiary/aromatic N) is 1. The Balaban J connectivity index is 1.85. The summed E-state index contributed by atoms with van der Waals surface area (Å²) in [7, 11) is 0. The summed E-state index contributed by atoms with van der Waals surface area (Å²) < 4.78 is 0. The molecule has 1 aromatic heterocycles. The molecule has 3 atom stereocenters. The second kappa shape index (κ2) is 3.36. The highest BCUT2D eigenvalue weighted by atomic mass is 16.3. The van der Waals surface area contributed by atoms with E-state index >= 15 is 0 Å². The predicted octanol–water partition coefficient (Wildman–Crippen LogP) is 3.14. The van der Waals surface area contributed by atoms with Gasteiger partial charge in [0.2, 0.25) is 0 Å². The van der Waals surface area contributed by atoms with Gasteiger partial charge in [-0.05, 0) is 54.6 Å². The zero-order valence-electron chi connectivity index (χ0n) is 11.2. The second-order valence-electron chi connectivity index (χ2n) is 7.00. The van der Waals surface area contributed by atoms with Crippen LogP contribution in [0.4, 0.5) is 0 Å². The van der Waals surface area contributed by atoms with Crippen LogP contribution in [0.25, 0.3) is 0 Å². The molecule has 1 heterocycles. The number of aliphatic hydroxyl groups excluding tert-OH is 1. The first-order valence-corrected chi connectivity index (χ1v) is 7.28. The lowest BCUT2D eigenvalue weighted by Gasteiger charge is -2.56. The highest BCUT2D eigenvalue weighted by Crippen LogP contribution is 2.61. The molecule has 2 bridgehead atoms. The van der Waals surface area contributed by atoms with Gasteiger partial charge in [-0.3, -0.25) is 4.98 Å². The van der Waals surface area contributed by atoms with E-state index in [-0.39, 0.29) is 6.10 Å². The maximum absolute atomic E-state index is 10.1. The number of aliphatic hydroxyl groups is 1. The van der Waals surface area contributed by atoms with Gasteiger partial charge >= 0.3 is 0 Å². The molecule has 1 N–H and O–H groups in total. The second-order valence-corrected chi connectivity index (χ2v) is 7.00. The standard InChI is InChI=1S/C16H21NO/c1-16(2)11-7-10-6-9-4-3-5-13(18)15(9)17-14(10)12(16)8-11/h6,11-13,18H,3-5,7-8H2,1-2H3/t11-,12-,13?/m0/s1. The molecule has 1 unspecified atom stereocenters. The first-order valence-electron chi connectivity index (χ1n) is 7.28. The van der Waals surface area contributed by atoms with Crippen LogP contribution in [0.15, 0.2) is 6.07 Å². The Kier molecular flexibility index (Phi) is 2.05. The van der Waals surface area contributed by atoms with Gasteiger partial charge in [-0.25, -0.2) is 0 Å². The van der Waals surface area contributed by atoms with Crippen LogP contribution in [-0.2, 0) is 12.8 Å². The lowest BCUT2D eigenvalue weighted by atomic mass is 9.48. The van der Waals surface area contributed by atoms with E-state index < -0.39 is 0 Å². The Morgan fingerprint density at radius 1 is 1.28 bits per heavy atom. The van der Waals surface area contributed by atoms with Crippen LogP contribution in [-0.4, -0.2) is 10.1 Å². The van der Waals surface area contributed by atoms with Crippen molar-refractivity contribution in [2.24, 2.45) is 11.3 Å². The van der Waals surface area contributed by atoms with Crippen molar-refractivity contribution in [1.82, 2.24) is 4.98 Å². The molecule has 96 valence electrons. The molecule has 4 aliphatic carbocycles. The number of fused-ring (bicyclic) bond motifs is 1. The maximum Gasteiger partial charge on any atom is 0.0962 e. The summed E-state index contributed by atoms with van der Waals surface area (Å²) >= 11 is 0. The minimum atomic E-state index is -0.319. The summed E-state index contributed by atoms with van der Waals surface area (Å²) in [6, 6.07) is 2.36. The Labute approximate surface area is 108 Å². The van der Waals surface area contributed by atoms with E-state index in [1.54, 1.807) is 0 Å². The molecule has 2 heteroatoms. The van der Waals surface area contributed by atoms with Crippen molar-refractivity contribution in [1.29, 1.82) is 0 Å². The molecule has 1 aromatic rings. The number of aryl methyl sites for hydroxylation is 1. The van der Waals surface area contributed by atoms with Crippen LogP contribution >= 0.6 is 0 Å². The molecular weight excluding hydrogens is 222 g/mol. The van der Waals surface area contributed by atoms with Gasteiger partial charge in [-0.1, -0.05) is 19.9 Å². The Bertz CT molecular complexity index is 520. The Morgan fingerprint density at radius 3 is 2.89 bits per heavy atom. The fourth-order valence-electron chi connectivity index (χ4n) is 4.30. The van der Waals surface area contributed by atoms with Crippen LogP contribution in [0, 0.1) is 11.3 Å². The van der Waals surface area contributed by atoms with E-state index in [0.29, 0.717) is 11.3 Å². The average Bonchev–Trinajstić information content (AvgIpc) is 2.36. The summed E-state index contributed by atoms with van der Waals surface area (Å²) in [5, 5.41) is 10.1. The van der Waals surface area contributed by atoms with Gasteiger partial charge in [0.25, 0.3) is 0 Å². The quantitative estimate of drug-likeness (QED) is 0.759. The van der Waals surface area contributed by atoms with Gasteiger partial charge in [0.1, 0.15) is 0 Å². The number of hydrogen-bond donors (Lipinski definition) is 1. The van der Waals surface area contributed by atoms with Gasteiger partial charge < -0.3 is 5.11 Å². The van der Waals surface area contributed by atoms with E-state index in [1.807, 2.05) is 0 Å². The molecule has 4 aliphatic rings. The van der Waals surface area contributed by atoms with Gasteiger partial charge in [0.05, 0.1) is 11.8 Å². The van der Waals surface area contributed by atoms with Crippen molar-refractivity contribution in [3.8, 4) is 0 Å². The first kappa shape index (κ1) is 11.0. The fraction of sp³-hybridized carbons (Fsp3) is 0.688. The summed E-state index contributed by atoms with van der Waals surface area (Å²) in [5.41, 5.74) is 5.51. The Morgan fingerprint density at radius 2 is 2.11 bits per heavy atom. The highest BCUT2D eigenvalue weighted by molar-refractivity contribution is 5.41. The van der Waals surface area contributed by atoms with Crippen LogP contribution in [0.1, 0.15) is 67.6 Å². The van der Waals surface area contributed by atoms with E-state index in [1.165, 1.54) is 29.7 Å². The van der Waals surface area contributed by atoms with Crippen molar-refractivity contribution in [2.75, 3.05) is 0 Å². The largest absolute Gasteiger partial charge is 0.387 e. The van der Waals surface area contributed by atoms with E-state index in [9.17, 15) is 5.11 Å². The van der Waals surface area contributed by atoms with Crippen molar-refractivity contribution >= 4 is 0 Å². The first-order chi connectivity index (χ1) is 8.57. The smallest absolute Gasteiger partial charge is 0.0962 e. The fourth-order valence-corrected chi connectivity index (χ4v) is 4.30. The zero-order chi connectivity index (χ0) is 12.5. The lowest BCUT2D eigenvalue weighted by molar-refractivity contribution is 0.0146. The summed E-state index contributed by atoms with van der Waals surface area (Å²) in [6.45, 7) is 4.76. The predicted molar refractivity (Wildman–Crippen MR) is 70.5 cm³/mol. The average molecular weight is 243 g/mol. The van der Waals surface area contributed by atoms with E-state index in [0.717, 1.165) is 30.9 Å². The lowest BCUT2D eigenvalue weighted by Crippen LogP contribution is -2.48. The molecule has 1 saturated carbocycles. The molecule has 0 spiro atoms. The normalized spacial score (nSPS) is 35.4. The van der Waals surface area contributed by atoms with Crippen molar-refractivity contribution in [3.05, 3.63) is 28.6 Å². The summed E-state index contributed by atoms with van der Waals surface area (Å²) in [4.78, 5) is 4.90. The van der Waals surface area contributed by atoms with Gasteiger partial charge in [-0.2, -0.15) is 0 Å². The third-order valence-electron chi connectivity index (χ3n) is 5.75. The van der Waals surface area contributed by atoms with Crippen LogP contribution in [0.5, 0.6) is 0 Å². The van der Waals surface area contributed by atoms with Crippen LogP contribution in [0.2, 0.25) is 0 Å². The van der Waals surface area contributed by atoms with Crippen molar-refractivity contribution < 1.29 is 5.11 Å². The van der Waals surface area contributed by atoms with Gasteiger partial charge in [0, 0.05) is 11.6 Å². The van der Waals surface area contributed by atoms with E-state index in [2.05, 4.69) is 19.9 Å². The van der Waals surface area contributed by atoms with Crippen molar-refractivity contribution in [2.45, 2.75) is 58.0 Å². The molecule has 0 amide bonds. The number of hydrogen-bond acceptors (Lipinski definition) is 2. The van der Waals surface area contributed by atoms with Crippen LogP contribution in [0.3, 0.4) is 0 Å². The summed E-state index contributed by atoms with van der Waals surface area (Å²) in [5.74, 6) is 1.48.